The number of aromatic amines is 1. The number of nitrogens with zero attached hydrogens (tertiary/aromatic N) is 3. The molecule has 7 heteroatoms. The smallest absolute Gasteiger partial charge is 0.262 e. The zero-order chi connectivity index (χ0) is 19.7. The summed E-state index contributed by atoms with van der Waals surface area (Å²) >= 11 is 1.34. The normalized spacial score (nSPS) is 11.6. The number of benzene rings is 2. The molecule has 2 aromatic carbocycles. The number of nitrogens with one attached hydrogen (secondary N) is 1. The standard InChI is InChI=1S/C21H21FN4OS/c1-25(2)11-6-12-26(21-24-19-16(22)8-5-10-18(19)28-21)20(27)15-13-23-17-9-4-3-7-14(15)17/h3-5,7-10,13,23H,6,11-12H2,1-2H3. The van der Waals surface area contributed by atoms with Crippen molar-refractivity contribution >= 4 is 43.5 Å². The molecule has 2 aromatic heterocycles. The Bertz CT molecular complexity index is 1130. The second-order valence-electron chi connectivity index (χ2n) is 6.94. The number of amides is 1. The van der Waals surface area contributed by atoms with Crippen LogP contribution in [0.4, 0.5) is 9.52 Å². The number of hydrogen-bond donors (Lipinski definition) is 1. The molecule has 0 fully saturated rings. The molecule has 0 aliphatic carbocycles. The lowest BCUT2D eigenvalue weighted by Gasteiger charge is -2.20. The summed E-state index contributed by atoms with van der Waals surface area (Å²) in [7, 11) is 4.00. The van der Waals surface area contributed by atoms with Gasteiger partial charge in [-0.2, -0.15) is 0 Å². The van der Waals surface area contributed by atoms with Crippen LogP contribution in [0.25, 0.3) is 21.1 Å². The van der Waals surface area contributed by atoms with E-state index >= 15 is 0 Å². The summed E-state index contributed by atoms with van der Waals surface area (Å²) in [5, 5.41) is 1.39. The molecule has 0 unspecified atom stereocenters. The molecule has 5 nitrogen and oxygen atoms in total. The van der Waals surface area contributed by atoms with Crippen molar-refractivity contribution in [2.45, 2.75) is 6.42 Å². The van der Waals surface area contributed by atoms with Crippen molar-refractivity contribution in [1.82, 2.24) is 14.9 Å². The van der Waals surface area contributed by atoms with Crippen molar-refractivity contribution in [3.8, 4) is 0 Å². The SMILES string of the molecule is CN(C)CCCN(C(=O)c1c[nH]c2ccccc12)c1nc2c(F)cccc2s1. The third-order valence-electron chi connectivity index (χ3n) is 4.64. The average Bonchev–Trinajstić information content (AvgIpc) is 3.29. The van der Waals surface area contributed by atoms with Gasteiger partial charge >= 0.3 is 0 Å². The van der Waals surface area contributed by atoms with Crippen LogP contribution in [0.5, 0.6) is 0 Å². The Morgan fingerprint density at radius 1 is 1.14 bits per heavy atom. The van der Waals surface area contributed by atoms with Crippen LogP contribution in [0.3, 0.4) is 0 Å². The van der Waals surface area contributed by atoms with E-state index in [2.05, 4.69) is 14.9 Å². The van der Waals surface area contributed by atoms with E-state index in [0.29, 0.717) is 22.8 Å². The number of aromatic nitrogens is 2. The first-order chi connectivity index (χ1) is 13.5. The Hall–Kier alpha value is -2.77. The topological polar surface area (TPSA) is 52.2 Å². The minimum absolute atomic E-state index is 0.129. The van der Waals surface area contributed by atoms with Crippen molar-refractivity contribution < 1.29 is 9.18 Å². The average molecular weight is 396 g/mol. The van der Waals surface area contributed by atoms with Crippen molar-refractivity contribution in [1.29, 1.82) is 0 Å². The minimum atomic E-state index is -0.368. The van der Waals surface area contributed by atoms with Crippen molar-refractivity contribution in [3.63, 3.8) is 0 Å². The summed E-state index contributed by atoms with van der Waals surface area (Å²) in [5.74, 6) is -0.497. The fraction of sp³-hybridized carbons (Fsp3) is 0.238. The molecule has 2 heterocycles. The molecule has 0 radical (unpaired) electrons. The fourth-order valence-corrected chi connectivity index (χ4v) is 4.25. The van der Waals surface area contributed by atoms with Gasteiger partial charge in [0.1, 0.15) is 11.3 Å². The lowest BCUT2D eigenvalue weighted by molar-refractivity contribution is 0.0987. The van der Waals surface area contributed by atoms with E-state index in [1.165, 1.54) is 17.4 Å². The van der Waals surface area contributed by atoms with Gasteiger partial charge in [0.15, 0.2) is 5.13 Å². The number of fused-ring (bicyclic) bond motifs is 2. The van der Waals surface area contributed by atoms with Crippen LogP contribution in [0.2, 0.25) is 0 Å². The van der Waals surface area contributed by atoms with E-state index in [1.54, 1.807) is 17.2 Å². The van der Waals surface area contributed by atoms with E-state index in [9.17, 15) is 9.18 Å². The van der Waals surface area contributed by atoms with Gasteiger partial charge in [-0.1, -0.05) is 35.6 Å². The van der Waals surface area contributed by atoms with Crippen LogP contribution < -0.4 is 4.90 Å². The van der Waals surface area contributed by atoms with Gasteiger partial charge in [0, 0.05) is 23.6 Å². The van der Waals surface area contributed by atoms with Crippen LogP contribution >= 0.6 is 11.3 Å². The summed E-state index contributed by atoms with van der Waals surface area (Å²) in [6.45, 7) is 1.36. The number of anilines is 1. The second-order valence-corrected chi connectivity index (χ2v) is 7.95. The van der Waals surface area contributed by atoms with Gasteiger partial charge in [-0.05, 0) is 45.3 Å². The number of H-pyrrole nitrogens is 1. The third-order valence-corrected chi connectivity index (χ3v) is 5.68. The second kappa shape index (κ2) is 7.69. The number of hydrogen-bond acceptors (Lipinski definition) is 4. The maximum Gasteiger partial charge on any atom is 0.262 e. The molecule has 0 bridgehead atoms. The number of para-hydroxylation sites is 2. The van der Waals surface area contributed by atoms with Gasteiger partial charge in [-0.3, -0.25) is 9.69 Å². The maximum atomic E-state index is 14.1. The number of carbonyl (C=O) groups is 1. The first kappa shape index (κ1) is 18.6. The number of thiazole rings is 1. The molecule has 0 aliphatic rings. The summed E-state index contributed by atoms with van der Waals surface area (Å²) in [6, 6.07) is 12.6. The molecular weight excluding hydrogens is 375 g/mol. The predicted molar refractivity (Wildman–Crippen MR) is 113 cm³/mol. The molecule has 0 saturated carbocycles. The molecule has 1 N–H and O–H groups in total. The zero-order valence-electron chi connectivity index (χ0n) is 15.8. The molecular formula is C21H21FN4OS. The molecule has 4 aromatic rings. The Morgan fingerprint density at radius 2 is 1.96 bits per heavy atom. The first-order valence-electron chi connectivity index (χ1n) is 9.12. The van der Waals surface area contributed by atoms with Crippen LogP contribution in [0.1, 0.15) is 16.8 Å². The van der Waals surface area contributed by atoms with E-state index < -0.39 is 0 Å². The van der Waals surface area contributed by atoms with E-state index in [0.717, 1.165) is 28.6 Å². The van der Waals surface area contributed by atoms with Crippen molar-refractivity contribution in [2.24, 2.45) is 0 Å². The molecule has 1 amide bonds. The molecule has 144 valence electrons. The summed E-state index contributed by atoms with van der Waals surface area (Å²) < 4.78 is 14.9. The Labute approximate surface area is 166 Å². The van der Waals surface area contributed by atoms with Gasteiger partial charge in [0.2, 0.25) is 0 Å². The zero-order valence-corrected chi connectivity index (χ0v) is 16.6. The highest BCUT2D eigenvalue weighted by atomic mass is 32.1. The lowest BCUT2D eigenvalue weighted by Crippen LogP contribution is -2.33. The van der Waals surface area contributed by atoms with Crippen molar-refractivity contribution in [2.75, 3.05) is 32.1 Å². The highest BCUT2D eigenvalue weighted by Gasteiger charge is 2.24. The quantitative estimate of drug-likeness (QED) is 0.522. The monoisotopic (exact) mass is 396 g/mol. The highest BCUT2D eigenvalue weighted by Crippen LogP contribution is 2.32. The third kappa shape index (κ3) is 3.50. The maximum absolute atomic E-state index is 14.1. The fourth-order valence-electron chi connectivity index (χ4n) is 3.24. The first-order valence-corrected chi connectivity index (χ1v) is 9.94. The summed E-state index contributed by atoms with van der Waals surface area (Å²) in [4.78, 5) is 24.8. The minimum Gasteiger partial charge on any atom is -0.360 e. The molecule has 0 atom stereocenters. The van der Waals surface area contributed by atoms with Crippen LogP contribution in [0, 0.1) is 5.82 Å². The molecule has 4 rings (SSSR count). The number of rotatable bonds is 6. The molecule has 28 heavy (non-hydrogen) atoms. The predicted octanol–water partition coefficient (Wildman–Crippen LogP) is 4.52. The summed E-state index contributed by atoms with van der Waals surface area (Å²) in [6.07, 6.45) is 2.53. The van der Waals surface area contributed by atoms with Crippen LogP contribution in [-0.2, 0) is 0 Å². The molecule has 0 aliphatic heterocycles. The number of carbonyl (C=O) groups excluding carboxylic acids is 1. The lowest BCUT2D eigenvalue weighted by atomic mass is 10.1. The van der Waals surface area contributed by atoms with Crippen molar-refractivity contribution in [3.05, 3.63) is 60.0 Å². The van der Waals surface area contributed by atoms with Gasteiger partial charge in [-0.25, -0.2) is 9.37 Å². The van der Waals surface area contributed by atoms with E-state index in [4.69, 9.17) is 0 Å². The van der Waals surface area contributed by atoms with Gasteiger partial charge < -0.3 is 9.88 Å². The molecule has 0 spiro atoms. The largest absolute Gasteiger partial charge is 0.360 e. The summed E-state index contributed by atoms with van der Waals surface area (Å²) in [5.41, 5.74) is 1.82. The Balaban J connectivity index is 1.73. The van der Waals surface area contributed by atoms with Crippen LogP contribution in [-0.4, -0.2) is 48.0 Å². The Kier molecular flexibility index (Phi) is 5.11. The Morgan fingerprint density at radius 3 is 2.75 bits per heavy atom. The van der Waals surface area contributed by atoms with Gasteiger partial charge in [0.25, 0.3) is 5.91 Å². The highest BCUT2D eigenvalue weighted by molar-refractivity contribution is 7.22. The number of halogens is 1. The molecule has 0 saturated heterocycles. The van der Waals surface area contributed by atoms with Gasteiger partial charge in [0.05, 0.1) is 10.3 Å². The van der Waals surface area contributed by atoms with E-state index in [-0.39, 0.29) is 11.7 Å². The van der Waals surface area contributed by atoms with Gasteiger partial charge in [-0.15, -0.1) is 0 Å². The van der Waals surface area contributed by atoms with E-state index in [1.807, 2.05) is 44.4 Å². The van der Waals surface area contributed by atoms with Crippen LogP contribution in [0.15, 0.2) is 48.7 Å².